The van der Waals surface area contributed by atoms with Gasteiger partial charge in [0.25, 0.3) is 5.91 Å². The van der Waals surface area contributed by atoms with Crippen LogP contribution in [0.3, 0.4) is 0 Å². The minimum absolute atomic E-state index is 0.250. The molecule has 25 heavy (non-hydrogen) atoms. The smallest absolute Gasteiger partial charge is 0.251 e. The van der Waals surface area contributed by atoms with E-state index in [0.717, 1.165) is 35.4 Å². The van der Waals surface area contributed by atoms with Gasteiger partial charge < -0.3 is 10.3 Å². The van der Waals surface area contributed by atoms with Gasteiger partial charge in [-0.25, -0.2) is 0 Å². The van der Waals surface area contributed by atoms with Gasteiger partial charge in [-0.15, -0.1) is 0 Å². The Hall–Kier alpha value is -2.88. The van der Waals surface area contributed by atoms with Crippen LogP contribution in [0, 0.1) is 13.8 Å². The number of nitrogens with two attached hydrogens (primary N) is 1. The third-order valence-corrected chi connectivity index (χ3v) is 5.31. The zero-order valence-electron chi connectivity index (χ0n) is 14.5. The molecule has 3 aromatic rings. The highest BCUT2D eigenvalue weighted by atomic mass is 16.1. The molecule has 0 fully saturated rings. The number of hydrogen-bond acceptors (Lipinski definition) is 2. The van der Waals surface area contributed by atoms with Crippen molar-refractivity contribution in [3.8, 4) is 11.1 Å². The number of amides is 1. The second-order valence-electron chi connectivity index (χ2n) is 6.65. The molecule has 4 heteroatoms. The summed E-state index contributed by atoms with van der Waals surface area (Å²) in [7, 11) is 0. The second-order valence-corrected chi connectivity index (χ2v) is 6.65. The van der Waals surface area contributed by atoms with Crippen LogP contribution in [0.5, 0.6) is 0 Å². The van der Waals surface area contributed by atoms with Gasteiger partial charge in [-0.2, -0.15) is 0 Å². The fourth-order valence-corrected chi connectivity index (χ4v) is 4.29. The number of fused-ring (bicyclic) bond motifs is 1. The first-order chi connectivity index (χ1) is 12.1. The molecular formula is C21H21N3O. The molecule has 1 aliphatic rings. The van der Waals surface area contributed by atoms with Crippen LogP contribution in [-0.2, 0) is 6.42 Å². The molecule has 1 aliphatic carbocycles. The van der Waals surface area contributed by atoms with Gasteiger partial charge in [0.1, 0.15) is 0 Å². The van der Waals surface area contributed by atoms with E-state index in [4.69, 9.17) is 5.73 Å². The molecular weight excluding hydrogens is 310 g/mol. The first-order valence-corrected chi connectivity index (χ1v) is 8.59. The van der Waals surface area contributed by atoms with E-state index in [1.165, 1.54) is 11.1 Å². The predicted molar refractivity (Wildman–Crippen MR) is 98.6 cm³/mol. The fraction of sp³-hybridized carbons (Fsp3) is 0.238. The number of rotatable bonds is 3. The van der Waals surface area contributed by atoms with Crippen LogP contribution in [0.1, 0.15) is 45.3 Å². The first-order valence-electron chi connectivity index (χ1n) is 8.59. The van der Waals surface area contributed by atoms with Crippen molar-refractivity contribution < 1.29 is 4.79 Å². The molecule has 0 saturated heterocycles. The maximum Gasteiger partial charge on any atom is 0.251 e. The predicted octanol–water partition coefficient (Wildman–Crippen LogP) is 3.80. The molecule has 4 nitrogen and oxygen atoms in total. The number of primary amides is 1. The maximum atomic E-state index is 12.2. The Balaban J connectivity index is 1.95. The van der Waals surface area contributed by atoms with Crippen LogP contribution in [0.4, 0.5) is 0 Å². The SMILES string of the molecule is Cc1c(C(N)=O)c(-c2cccnc2)c(C)n1C1CCc2ccccc21. The van der Waals surface area contributed by atoms with Crippen LogP contribution < -0.4 is 5.73 Å². The van der Waals surface area contributed by atoms with Crippen LogP contribution in [-0.4, -0.2) is 15.5 Å². The summed E-state index contributed by atoms with van der Waals surface area (Å²) in [6.07, 6.45) is 5.63. The quantitative estimate of drug-likeness (QED) is 0.793. The number of carbonyl (C=O) groups excluding carboxylic acids is 1. The van der Waals surface area contributed by atoms with Crippen LogP contribution in [0.15, 0.2) is 48.8 Å². The number of aromatic nitrogens is 2. The highest BCUT2D eigenvalue weighted by Crippen LogP contribution is 2.40. The summed E-state index contributed by atoms with van der Waals surface area (Å²) in [5, 5.41) is 0. The first kappa shape index (κ1) is 15.6. The third-order valence-electron chi connectivity index (χ3n) is 5.31. The lowest BCUT2D eigenvalue weighted by molar-refractivity contribution is 0.1000. The highest BCUT2D eigenvalue weighted by Gasteiger charge is 2.30. The number of hydrogen-bond donors (Lipinski definition) is 1. The van der Waals surface area contributed by atoms with Crippen molar-refractivity contribution in [2.45, 2.75) is 32.7 Å². The van der Waals surface area contributed by atoms with Crippen LogP contribution in [0.2, 0.25) is 0 Å². The third kappa shape index (κ3) is 2.37. The molecule has 2 heterocycles. The minimum Gasteiger partial charge on any atom is -0.366 e. The lowest BCUT2D eigenvalue weighted by Crippen LogP contribution is -2.15. The zero-order valence-corrected chi connectivity index (χ0v) is 14.5. The van der Waals surface area contributed by atoms with Gasteiger partial charge in [-0.1, -0.05) is 30.3 Å². The molecule has 1 atom stereocenters. The fourth-order valence-electron chi connectivity index (χ4n) is 4.29. The van der Waals surface area contributed by atoms with Crippen molar-refractivity contribution in [1.82, 2.24) is 9.55 Å². The van der Waals surface area contributed by atoms with Gasteiger partial charge in [-0.05, 0) is 43.9 Å². The number of pyridine rings is 1. The lowest BCUT2D eigenvalue weighted by Gasteiger charge is -2.19. The van der Waals surface area contributed by atoms with E-state index in [0.29, 0.717) is 5.56 Å². The Labute approximate surface area is 147 Å². The van der Waals surface area contributed by atoms with E-state index in [1.54, 1.807) is 12.4 Å². The van der Waals surface area contributed by atoms with Crippen molar-refractivity contribution in [2.24, 2.45) is 5.73 Å². The summed E-state index contributed by atoms with van der Waals surface area (Å²) in [4.78, 5) is 16.4. The summed E-state index contributed by atoms with van der Waals surface area (Å²) < 4.78 is 2.29. The Morgan fingerprint density at radius 2 is 1.96 bits per heavy atom. The summed E-state index contributed by atoms with van der Waals surface area (Å²) in [5.74, 6) is -0.385. The molecule has 4 rings (SSSR count). The Bertz CT molecular complexity index is 957. The molecule has 0 saturated carbocycles. The maximum absolute atomic E-state index is 12.2. The lowest BCUT2D eigenvalue weighted by atomic mass is 10.0. The second kappa shape index (κ2) is 5.88. The average Bonchev–Trinajstić information content (AvgIpc) is 3.14. The van der Waals surface area contributed by atoms with Crippen molar-refractivity contribution in [3.63, 3.8) is 0 Å². The molecule has 0 aliphatic heterocycles. The molecule has 1 aromatic carbocycles. The van der Waals surface area contributed by atoms with Crippen molar-refractivity contribution in [2.75, 3.05) is 0 Å². The van der Waals surface area contributed by atoms with Crippen molar-refractivity contribution in [3.05, 3.63) is 76.9 Å². The van der Waals surface area contributed by atoms with Gasteiger partial charge in [0.05, 0.1) is 11.6 Å². The molecule has 126 valence electrons. The van der Waals surface area contributed by atoms with Gasteiger partial charge in [0.2, 0.25) is 0 Å². The summed E-state index contributed by atoms with van der Waals surface area (Å²) >= 11 is 0. The van der Waals surface area contributed by atoms with Crippen LogP contribution >= 0.6 is 0 Å². The highest BCUT2D eigenvalue weighted by molar-refractivity contribution is 6.02. The topological polar surface area (TPSA) is 60.9 Å². The number of nitrogens with zero attached hydrogens (tertiary/aromatic N) is 2. The van der Waals surface area contributed by atoms with E-state index >= 15 is 0 Å². The molecule has 0 bridgehead atoms. The van der Waals surface area contributed by atoms with Gasteiger partial charge in [0.15, 0.2) is 0 Å². The molecule has 2 aromatic heterocycles. The Morgan fingerprint density at radius 1 is 1.16 bits per heavy atom. The van der Waals surface area contributed by atoms with E-state index in [2.05, 4.69) is 40.7 Å². The monoisotopic (exact) mass is 331 g/mol. The van der Waals surface area contributed by atoms with Gasteiger partial charge in [0, 0.05) is 34.9 Å². The number of benzene rings is 1. The molecule has 2 N–H and O–H groups in total. The minimum atomic E-state index is -0.385. The Morgan fingerprint density at radius 3 is 2.68 bits per heavy atom. The van der Waals surface area contributed by atoms with E-state index in [-0.39, 0.29) is 11.9 Å². The normalized spacial score (nSPS) is 16.0. The molecule has 1 unspecified atom stereocenters. The number of aryl methyl sites for hydroxylation is 1. The van der Waals surface area contributed by atoms with Gasteiger partial charge >= 0.3 is 0 Å². The summed E-state index contributed by atoms with van der Waals surface area (Å²) in [5.41, 5.74) is 12.9. The van der Waals surface area contributed by atoms with Crippen molar-refractivity contribution in [1.29, 1.82) is 0 Å². The largest absolute Gasteiger partial charge is 0.366 e. The van der Waals surface area contributed by atoms with E-state index in [1.807, 2.05) is 19.1 Å². The average molecular weight is 331 g/mol. The van der Waals surface area contributed by atoms with Crippen LogP contribution in [0.25, 0.3) is 11.1 Å². The zero-order chi connectivity index (χ0) is 17.6. The van der Waals surface area contributed by atoms with Crippen molar-refractivity contribution >= 4 is 5.91 Å². The molecule has 1 amide bonds. The summed E-state index contributed by atoms with van der Waals surface area (Å²) in [6.45, 7) is 4.07. The summed E-state index contributed by atoms with van der Waals surface area (Å²) in [6, 6.07) is 12.7. The van der Waals surface area contributed by atoms with E-state index in [9.17, 15) is 4.79 Å². The Kier molecular flexibility index (Phi) is 3.68. The van der Waals surface area contributed by atoms with Gasteiger partial charge in [-0.3, -0.25) is 9.78 Å². The molecule has 0 spiro atoms. The van der Waals surface area contributed by atoms with E-state index < -0.39 is 0 Å². The number of carbonyl (C=O) groups is 1. The standard InChI is InChI=1S/C21H21N3O/c1-13-19(16-7-5-11-23-12-16)20(21(22)25)14(2)24(13)18-10-9-15-6-3-4-8-17(15)18/h3-8,11-12,18H,9-10H2,1-2H3,(H2,22,25). The molecule has 0 radical (unpaired) electrons.